The van der Waals surface area contributed by atoms with E-state index in [4.69, 9.17) is 0 Å². The maximum atomic E-state index is 13.0. The summed E-state index contributed by atoms with van der Waals surface area (Å²) in [5.41, 5.74) is 2.13. The maximum Gasteiger partial charge on any atom is 0.248 e. The number of carbonyl (C=O) groups is 1. The molecule has 1 atom stereocenters. The second kappa shape index (κ2) is 9.28. The van der Waals surface area contributed by atoms with E-state index in [9.17, 15) is 13.2 Å². The predicted octanol–water partition coefficient (Wildman–Crippen LogP) is 4.29. The molecule has 0 aliphatic carbocycles. The minimum Gasteiger partial charge on any atom is -0.323 e. The SMILES string of the molecule is CCSc1ccccc1NC(=O)[C@H](CC)N(c1cccc(C)c1)S(C)(=O)=O. The number of amides is 1. The molecule has 146 valence electrons. The Morgan fingerprint density at radius 3 is 2.44 bits per heavy atom. The van der Waals surface area contributed by atoms with Crippen molar-refractivity contribution in [3.8, 4) is 0 Å². The highest BCUT2D eigenvalue weighted by Gasteiger charge is 2.31. The molecular formula is C20H26N2O3S2. The largest absolute Gasteiger partial charge is 0.323 e. The highest BCUT2D eigenvalue weighted by Crippen LogP contribution is 2.28. The first-order valence-electron chi connectivity index (χ1n) is 8.86. The number of benzene rings is 2. The molecule has 0 aliphatic heterocycles. The lowest BCUT2D eigenvalue weighted by molar-refractivity contribution is -0.117. The molecule has 5 nitrogen and oxygen atoms in total. The molecule has 0 saturated carbocycles. The van der Waals surface area contributed by atoms with Gasteiger partial charge in [0.1, 0.15) is 6.04 Å². The lowest BCUT2D eigenvalue weighted by atomic mass is 10.1. The average molecular weight is 407 g/mol. The van der Waals surface area contributed by atoms with E-state index >= 15 is 0 Å². The van der Waals surface area contributed by atoms with Crippen molar-refractivity contribution in [3.63, 3.8) is 0 Å². The fraction of sp³-hybridized carbons (Fsp3) is 0.350. The fourth-order valence-corrected chi connectivity index (χ4v) is 4.86. The zero-order valence-corrected chi connectivity index (χ0v) is 17.7. The third-order valence-corrected chi connectivity index (χ3v) is 6.17. The summed E-state index contributed by atoms with van der Waals surface area (Å²) < 4.78 is 26.2. The summed E-state index contributed by atoms with van der Waals surface area (Å²) >= 11 is 1.63. The molecule has 0 saturated heterocycles. The van der Waals surface area contributed by atoms with Crippen molar-refractivity contribution in [2.75, 3.05) is 21.6 Å². The van der Waals surface area contributed by atoms with Gasteiger partial charge in [0.25, 0.3) is 0 Å². The minimum absolute atomic E-state index is 0.339. The molecule has 27 heavy (non-hydrogen) atoms. The van der Waals surface area contributed by atoms with Gasteiger partial charge in [-0.05, 0) is 48.9 Å². The molecule has 0 heterocycles. The van der Waals surface area contributed by atoms with Crippen molar-refractivity contribution in [3.05, 3.63) is 54.1 Å². The Hall–Kier alpha value is -1.99. The summed E-state index contributed by atoms with van der Waals surface area (Å²) in [7, 11) is -3.64. The molecule has 0 aliphatic rings. The van der Waals surface area contributed by atoms with E-state index in [0.717, 1.165) is 22.5 Å². The zero-order chi connectivity index (χ0) is 20.0. The quantitative estimate of drug-likeness (QED) is 0.664. The molecule has 0 unspecified atom stereocenters. The number of carbonyl (C=O) groups excluding carboxylic acids is 1. The van der Waals surface area contributed by atoms with Gasteiger partial charge in [-0.3, -0.25) is 9.10 Å². The van der Waals surface area contributed by atoms with Gasteiger partial charge in [-0.25, -0.2) is 8.42 Å². The number of hydrogen-bond donors (Lipinski definition) is 1. The number of nitrogens with zero attached hydrogens (tertiary/aromatic N) is 1. The third kappa shape index (κ3) is 5.49. The number of aryl methyl sites for hydroxylation is 1. The summed E-state index contributed by atoms with van der Waals surface area (Å²) in [4.78, 5) is 14.0. The fourth-order valence-electron chi connectivity index (χ4n) is 2.89. The Morgan fingerprint density at radius 2 is 1.85 bits per heavy atom. The van der Waals surface area contributed by atoms with Crippen LogP contribution in [0.15, 0.2) is 53.4 Å². The molecule has 2 aromatic rings. The molecule has 2 rings (SSSR count). The van der Waals surface area contributed by atoms with Crippen LogP contribution in [0.1, 0.15) is 25.8 Å². The van der Waals surface area contributed by atoms with Crippen LogP contribution in [0.2, 0.25) is 0 Å². The molecule has 2 aromatic carbocycles. The summed E-state index contributed by atoms with van der Waals surface area (Å²) in [5.74, 6) is 0.539. The second-order valence-corrected chi connectivity index (χ2v) is 9.41. The van der Waals surface area contributed by atoms with E-state index in [2.05, 4.69) is 5.32 Å². The zero-order valence-electron chi connectivity index (χ0n) is 16.1. The number of para-hydroxylation sites is 1. The number of thioether (sulfide) groups is 1. The first-order chi connectivity index (χ1) is 12.8. The molecule has 0 radical (unpaired) electrons. The van der Waals surface area contributed by atoms with Crippen LogP contribution in [-0.4, -0.2) is 32.4 Å². The highest BCUT2D eigenvalue weighted by molar-refractivity contribution is 7.99. The number of nitrogens with one attached hydrogen (secondary N) is 1. The predicted molar refractivity (Wildman–Crippen MR) is 114 cm³/mol. The van der Waals surface area contributed by atoms with Crippen molar-refractivity contribution in [2.45, 2.75) is 38.1 Å². The lowest BCUT2D eigenvalue weighted by Gasteiger charge is -2.30. The number of anilines is 2. The van der Waals surface area contributed by atoms with Crippen molar-refractivity contribution >= 4 is 39.1 Å². The van der Waals surface area contributed by atoms with Crippen molar-refractivity contribution in [1.29, 1.82) is 0 Å². The molecule has 0 bridgehead atoms. The Balaban J connectivity index is 2.38. The van der Waals surface area contributed by atoms with Gasteiger partial charge in [0.2, 0.25) is 15.9 Å². The van der Waals surface area contributed by atoms with Gasteiger partial charge in [-0.2, -0.15) is 0 Å². The van der Waals surface area contributed by atoms with Crippen LogP contribution in [0.5, 0.6) is 0 Å². The van der Waals surface area contributed by atoms with E-state index in [0.29, 0.717) is 17.8 Å². The molecule has 1 N–H and O–H groups in total. The van der Waals surface area contributed by atoms with Crippen LogP contribution >= 0.6 is 11.8 Å². The van der Waals surface area contributed by atoms with E-state index in [-0.39, 0.29) is 5.91 Å². The van der Waals surface area contributed by atoms with E-state index in [1.54, 1.807) is 30.0 Å². The van der Waals surface area contributed by atoms with Gasteiger partial charge in [0.15, 0.2) is 0 Å². The van der Waals surface area contributed by atoms with Crippen LogP contribution in [0.4, 0.5) is 11.4 Å². The van der Waals surface area contributed by atoms with Crippen LogP contribution in [0.25, 0.3) is 0 Å². The first kappa shape index (κ1) is 21.3. The van der Waals surface area contributed by atoms with Gasteiger partial charge >= 0.3 is 0 Å². The Labute approximate surface area is 166 Å². The van der Waals surface area contributed by atoms with Gasteiger partial charge in [0.05, 0.1) is 17.6 Å². The monoisotopic (exact) mass is 406 g/mol. The van der Waals surface area contributed by atoms with Gasteiger partial charge in [-0.15, -0.1) is 11.8 Å². The van der Waals surface area contributed by atoms with E-state index in [1.807, 2.05) is 51.1 Å². The number of hydrogen-bond acceptors (Lipinski definition) is 4. The third-order valence-electron chi connectivity index (χ3n) is 4.03. The number of rotatable bonds is 8. The van der Waals surface area contributed by atoms with Crippen LogP contribution in [0.3, 0.4) is 0 Å². The molecule has 7 heteroatoms. The smallest absolute Gasteiger partial charge is 0.248 e. The molecule has 1 amide bonds. The van der Waals surface area contributed by atoms with Crippen molar-refractivity contribution in [2.24, 2.45) is 0 Å². The van der Waals surface area contributed by atoms with Gasteiger partial charge in [0, 0.05) is 4.90 Å². The summed E-state index contributed by atoms with van der Waals surface area (Å²) in [5, 5.41) is 2.92. The van der Waals surface area contributed by atoms with Crippen molar-refractivity contribution in [1.82, 2.24) is 0 Å². The summed E-state index contributed by atoms with van der Waals surface area (Å²) in [6, 6.07) is 13.9. The number of sulfonamides is 1. The first-order valence-corrected chi connectivity index (χ1v) is 11.7. The second-order valence-electron chi connectivity index (χ2n) is 6.24. The van der Waals surface area contributed by atoms with Gasteiger partial charge in [-0.1, -0.05) is 38.1 Å². The van der Waals surface area contributed by atoms with Crippen LogP contribution < -0.4 is 9.62 Å². The Bertz CT molecular complexity index is 898. The Morgan fingerprint density at radius 1 is 1.15 bits per heavy atom. The Kier molecular flexibility index (Phi) is 7.33. The van der Waals surface area contributed by atoms with Gasteiger partial charge < -0.3 is 5.32 Å². The minimum atomic E-state index is -3.64. The topological polar surface area (TPSA) is 66.5 Å². The standard InChI is InChI=1S/C20H26N2O3S2/c1-5-18(20(23)21-17-12-7-8-13-19(17)26-6-2)22(27(4,24)25)16-11-9-10-15(3)14-16/h7-14,18H,5-6H2,1-4H3,(H,21,23)/t18-/m0/s1. The maximum absolute atomic E-state index is 13.0. The van der Waals surface area contributed by atoms with Crippen molar-refractivity contribution < 1.29 is 13.2 Å². The highest BCUT2D eigenvalue weighted by atomic mass is 32.2. The lowest BCUT2D eigenvalue weighted by Crippen LogP contribution is -2.47. The molecular weight excluding hydrogens is 380 g/mol. The van der Waals surface area contributed by atoms with E-state index < -0.39 is 16.1 Å². The normalized spacial score (nSPS) is 12.4. The van der Waals surface area contributed by atoms with Crippen LogP contribution in [0, 0.1) is 6.92 Å². The molecule has 0 aromatic heterocycles. The molecule has 0 spiro atoms. The molecule has 0 fully saturated rings. The summed E-state index contributed by atoms with van der Waals surface area (Å²) in [6.07, 6.45) is 1.49. The van der Waals surface area contributed by atoms with Crippen LogP contribution in [-0.2, 0) is 14.8 Å². The average Bonchev–Trinajstić information content (AvgIpc) is 2.60. The van der Waals surface area contributed by atoms with E-state index in [1.165, 1.54) is 4.31 Å². The summed E-state index contributed by atoms with van der Waals surface area (Å²) in [6.45, 7) is 5.75.